The summed E-state index contributed by atoms with van der Waals surface area (Å²) in [5, 5.41) is 6.02. The van der Waals surface area contributed by atoms with Gasteiger partial charge >= 0.3 is 0 Å². The molecule has 1 amide bonds. The first-order chi connectivity index (χ1) is 24.2. The number of unbranched alkanes of at least 4 members (excludes halogenated alkanes) is 2. The number of nitrogens with one attached hydrogen (secondary N) is 3. The van der Waals surface area contributed by atoms with Crippen LogP contribution in [0, 0.1) is 5.92 Å². The van der Waals surface area contributed by atoms with Crippen LogP contribution in [0.5, 0.6) is 0 Å². The summed E-state index contributed by atoms with van der Waals surface area (Å²) in [4.78, 5) is 30.4. The Bertz CT molecular complexity index is 1680. The number of carbonyl (C=O) groups is 1. The predicted molar refractivity (Wildman–Crippen MR) is 203 cm³/mol. The summed E-state index contributed by atoms with van der Waals surface area (Å²) in [5.41, 5.74) is 32.8. The molecule has 2 aromatic carbocycles. The fraction of sp³-hybridized carbons (Fsp3) is 0.529. The number of amides is 1. The lowest BCUT2D eigenvalue weighted by Crippen LogP contribution is -2.54. The van der Waals surface area contributed by atoms with Crippen molar-refractivity contribution in [3.05, 3.63) is 42.5 Å². The van der Waals surface area contributed by atoms with Gasteiger partial charge < -0.3 is 49.1 Å². The molecule has 2 saturated heterocycles. The van der Waals surface area contributed by atoms with Crippen LogP contribution in [0.25, 0.3) is 0 Å². The molecule has 17 heteroatoms. The van der Waals surface area contributed by atoms with Crippen LogP contribution in [0.1, 0.15) is 58.8 Å². The predicted octanol–water partition coefficient (Wildman–Crippen LogP) is 2.27. The van der Waals surface area contributed by atoms with Gasteiger partial charge in [0.1, 0.15) is 0 Å². The van der Waals surface area contributed by atoms with Crippen LogP contribution in [0.4, 0.5) is 40.6 Å². The number of hydrogen-bond acceptors (Lipinski definition) is 14. The van der Waals surface area contributed by atoms with E-state index >= 15 is 0 Å². The average Bonchev–Trinajstić information content (AvgIpc) is 3.05. The number of hydrogen-bond donors (Lipinski definition) is 8. The first-order valence-electron chi connectivity index (χ1n) is 17.6. The summed E-state index contributed by atoms with van der Waals surface area (Å²) in [7, 11) is -3.98. The summed E-state index contributed by atoms with van der Waals surface area (Å²) in [6, 6.07) is 10.3. The Morgan fingerprint density at radius 3 is 1.88 bits per heavy atom. The van der Waals surface area contributed by atoms with Gasteiger partial charge in [-0.25, -0.2) is 8.42 Å². The molecule has 278 valence electrons. The molecule has 0 unspecified atom stereocenters. The van der Waals surface area contributed by atoms with Gasteiger partial charge in [0.25, 0.3) is 10.0 Å². The van der Waals surface area contributed by atoms with E-state index in [0.29, 0.717) is 74.6 Å². The van der Waals surface area contributed by atoms with Crippen LogP contribution in [-0.2, 0) is 14.8 Å². The summed E-state index contributed by atoms with van der Waals surface area (Å²) in [6.07, 6.45) is 5.89. The zero-order valence-corrected chi connectivity index (χ0v) is 30.3. The minimum Gasteiger partial charge on any atom is -0.397 e. The second-order valence-corrected chi connectivity index (χ2v) is 15.9. The van der Waals surface area contributed by atoms with Crippen molar-refractivity contribution in [2.24, 2.45) is 28.9 Å². The van der Waals surface area contributed by atoms with E-state index < -0.39 is 10.0 Å². The van der Waals surface area contributed by atoms with E-state index in [1.54, 1.807) is 30.3 Å². The first kappa shape index (κ1) is 38.0. The van der Waals surface area contributed by atoms with Crippen molar-refractivity contribution >= 4 is 56.5 Å². The van der Waals surface area contributed by atoms with E-state index in [2.05, 4.69) is 39.2 Å². The molecule has 2 aliphatic heterocycles. The maximum atomic E-state index is 13.2. The lowest BCUT2D eigenvalue weighted by Gasteiger charge is -2.37. The van der Waals surface area contributed by atoms with Crippen LogP contribution in [0.2, 0.25) is 0 Å². The van der Waals surface area contributed by atoms with Gasteiger partial charge in [-0.1, -0.05) is 33.1 Å². The minimum absolute atomic E-state index is 0.0235. The number of anilines is 7. The number of nitrogens with two attached hydrogens (primary N) is 5. The topological polar surface area (TPSA) is 263 Å². The van der Waals surface area contributed by atoms with E-state index in [1.807, 2.05) is 9.80 Å². The highest BCUT2D eigenvalue weighted by Gasteiger charge is 2.29. The lowest BCUT2D eigenvalue weighted by molar-refractivity contribution is -0.116. The molecule has 3 heterocycles. The van der Waals surface area contributed by atoms with Crippen LogP contribution < -0.4 is 53.8 Å². The fourth-order valence-electron chi connectivity index (χ4n) is 6.40. The highest BCUT2D eigenvalue weighted by atomic mass is 32.2. The Hall–Kier alpha value is -4.29. The maximum Gasteiger partial charge on any atom is 0.261 e. The second-order valence-electron chi connectivity index (χ2n) is 14.2. The molecule has 0 saturated carbocycles. The highest BCUT2D eigenvalue weighted by Crippen LogP contribution is 2.29. The SMILES string of the molecule is CC(C)CCCCCC(=O)Nc1ccc(S(=O)(=O)Nc2ccc(Nc3nc(N4C[C@H](N)C[C@H](N)C4)nc(N4C[C@H](N)C[C@H](N)C4)n3)cc2N)cc1. The third kappa shape index (κ3) is 10.9. The Kier molecular flexibility index (Phi) is 12.5. The number of piperidine rings is 2. The first-order valence-corrected chi connectivity index (χ1v) is 19.1. The molecular weight excluding hydrogens is 671 g/mol. The van der Waals surface area contributed by atoms with Crippen LogP contribution in [0.3, 0.4) is 0 Å². The molecule has 0 radical (unpaired) electrons. The van der Waals surface area contributed by atoms with Gasteiger partial charge in [-0.15, -0.1) is 0 Å². The summed E-state index contributed by atoms with van der Waals surface area (Å²) in [5.74, 6) is 1.64. The normalized spacial score (nSPS) is 21.1. The Morgan fingerprint density at radius 2 is 1.35 bits per heavy atom. The molecule has 2 aliphatic rings. The van der Waals surface area contributed by atoms with Crippen LogP contribution in [0.15, 0.2) is 47.4 Å². The van der Waals surface area contributed by atoms with E-state index in [4.69, 9.17) is 33.7 Å². The Balaban J connectivity index is 1.26. The van der Waals surface area contributed by atoms with Crippen LogP contribution in [-0.4, -0.2) is 79.6 Å². The van der Waals surface area contributed by atoms with Crippen molar-refractivity contribution in [3.63, 3.8) is 0 Å². The number of nitrogens with zero attached hydrogens (tertiary/aromatic N) is 5. The van der Waals surface area contributed by atoms with Gasteiger partial charge in [-0.2, -0.15) is 15.0 Å². The van der Waals surface area contributed by atoms with Gasteiger partial charge in [-0.05, 0) is 67.6 Å². The lowest BCUT2D eigenvalue weighted by atomic mass is 10.0. The standard InChI is InChI=1S/C34H53N13O3S/c1-21(2)6-4-3-5-7-31(48)40-26-8-11-28(12-9-26)51(49,50)45-30-13-10-27(16-29(30)39)41-32-42-33(46-17-22(35)14-23(36)18-46)44-34(43-32)47-19-24(37)15-25(38)20-47/h8-13,16,21-25,45H,3-7,14-15,17-20,35-39H2,1-2H3,(H,40,48)(H,41,42,43,44)/t22-,23+,24-,25+. The third-order valence-corrected chi connectivity index (χ3v) is 10.3. The molecule has 0 spiro atoms. The summed E-state index contributed by atoms with van der Waals surface area (Å²) >= 11 is 0. The monoisotopic (exact) mass is 723 g/mol. The molecule has 13 N–H and O–H groups in total. The number of nitrogen functional groups attached to an aromatic ring is 1. The van der Waals surface area contributed by atoms with E-state index in [0.717, 1.165) is 25.7 Å². The molecule has 51 heavy (non-hydrogen) atoms. The molecule has 0 bridgehead atoms. The molecule has 0 aliphatic carbocycles. The van der Waals surface area contributed by atoms with Gasteiger partial charge in [0, 0.05) is 68.1 Å². The number of aromatic nitrogens is 3. The number of rotatable bonds is 14. The summed E-state index contributed by atoms with van der Waals surface area (Å²) in [6.45, 7) is 6.52. The molecular formula is C34H53N13O3S. The fourth-order valence-corrected chi connectivity index (χ4v) is 7.49. The van der Waals surface area contributed by atoms with Crippen molar-refractivity contribution in [3.8, 4) is 0 Å². The number of sulfonamides is 1. The largest absolute Gasteiger partial charge is 0.397 e. The molecule has 4 atom stereocenters. The highest BCUT2D eigenvalue weighted by molar-refractivity contribution is 7.92. The second kappa shape index (κ2) is 16.8. The molecule has 2 fully saturated rings. The van der Waals surface area contributed by atoms with Crippen molar-refractivity contribution in [1.29, 1.82) is 0 Å². The number of benzene rings is 2. The molecule has 3 aromatic rings. The quantitative estimate of drug-likeness (QED) is 0.0877. The van der Waals surface area contributed by atoms with Crippen molar-refractivity contribution in [1.82, 2.24) is 15.0 Å². The van der Waals surface area contributed by atoms with Gasteiger partial charge in [-0.3, -0.25) is 9.52 Å². The smallest absolute Gasteiger partial charge is 0.261 e. The molecule has 5 rings (SSSR count). The minimum atomic E-state index is -3.98. The van der Waals surface area contributed by atoms with E-state index in [9.17, 15) is 13.2 Å². The maximum absolute atomic E-state index is 13.2. The molecule has 1 aromatic heterocycles. The average molecular weight is 724 g/mol. The molecule has 16 nitrogen and oxygen atoms in total. The van der Waals surface area contributed by atoms with Crippen molar-refractivity contribution in [2.75, 3.05) is 57.1 Å². The Morgan fingerprint density at radius 1 is 0.804 bits per heavy atom. The van der Waals surface area contributed by atoms with Crippen LogP contribution >= 0.6 is 0 Å². The zero-order chi connectivity index (χ0) is 36.7. The van der Waals surface area contributed by atoms with E-state index in [1.165, 1.54) is 12.1 Å². The van der Waals surface area contributed by atoms with Crippen molar-refractivity contribution < 1.29 is 13.2 Å². The van der Waals surface area contributed by atoms with Gasteiger partial charge in [0.15, 0.2) is 0 Å². The van der Waals surface area contributed by atoms with Gasteiger partial charge in [0.05, 0.1) is 16.3 Å². The van der Waals surface area contributed by atoms with Crippen molar-refractivity contribution in [2.45, 2.75) is 87.9 Å². The van der Waals surface area contributed by atoms with Gasteiger partial charge in [0.2, 0.25) is 23.8 Å². The summed E-state index contributed by atoms with van der Waals surface area (Å²) < 4.78 is 29.0. The van der Waals surface area contributed by atoms with E-state index in [-0.39, 0.29) is 52.3 Å². The zero-order valence-electron chi connectivity index (χ0n) is 29.5. The number of carbonyl (C=O) groups excluding carboxylic acids is 1. The third-order valence-electron chi connectivity index (χ3n) is 8.89. The Labute approximate surface area is 300 Å².